The molecule has 8 heteroatoms. The van der Waals surface area contributed by atoms with Crippen LogP contribution in [-0.4, -0.2) is 20.4 Å². The highest BCUT2D eigenvalue weighted by atomic mass is 32.2. The van der Waals surface area contributed by atoms with E-state index in [-0.39, 0.29) is 10.3 Å². The maximum atomic E-state index is 12.4. The first kappa shape index (κ1) is 21.4. The zero-order chi connectivity index (χ0) is 20.9. The number of hydrogen-bond acceptors (Lipinski definition) is 5. The topological polar surface area (TPSA) is 108 Å². The van der Waals surface area contributed by atoms with Crippen LogP contribution in [0.5, 0.6) is 5.75 Å². The highest BCUT2D eigenvalue weighted by Gasteiger charge is 2.20. The molecule has 7 nitrogen and oxygen atoms in total. The van der Waals surface area contributed by atoms with E-state index in [2.05, 4.69) is 10.3 Å². The van der Waals surface area contributed by atoms with Crippen LogP contribution in [0, 0.1) is 11.3 Å². The van der Waals surface area contributed by atoms with Crippen LogP contribution < -0.4 is 15.0 Å². The number of nitrogens with zero attached hydrogens (tertiary/aromatic N) is 1. The van der Waals surface area contributed by atoms with Gasteiger partial charge < -0.3 is 4.74 Å². The summed E-state index contributed by atoms with van der Waals surface area (Å²) in [5.41, 5.74) is 3.53. The molecule has 0 aliphatic carbocycles. The Kier molecular flexibility index (Phi) is 6.44. The summed E-state index contributed by atoms with van der Waals surface area (Å²) in [6, 6.07) is 14.7. The van der Waals surface area contributed by atoms with Gasteiger partial charge in [-0.3, -0.25) is 10.2 Å². The van der Waals surface area contributed by atoms with E-state index in [1.54, 1.807) is 36.4 Å². The lowest BCUT2D eigenvalue weighted by Crippen LogP contribution is -2.47. The summed E-state index contributed by atoms with van der Waals surface area (Å²) in [7, 11) is -3.91. The highest BCUT2D eigenvalue weighted by Crippen LogP contribution is 2.23. The number of hydrogen-bond donors (Lipinski definition) is 2. The molecule has 0 aliphatic rings. The number of sulfonamides is 1. The summed E-state index contributed by atoms with van der Waals surface area (Å²) in [5.74, 6) is -0.262. The van der Waals surface area contributed by atoms with Crippen molar-refractivity contribution in [1.29, 1.82) is 5.26 Å². The molecule has 2 rings (SSSR count). The number of hydrazine groups is 1. The first-order valence-electron chi connectivity index (χ1n) is 8.62. The minimum absolute atomic E-state index is 0.0430. The van der Waals surface area contributed by atoms with E-state index in [1.165, 1.54) is 19.1 Å². The summed E-state index contributed by atoms with van der Waals surface area (Å²) in [4.78, 5) is 14.2. The van der Waals surface area contributed by atoms with Gasteiger partial charge in [-0.1, -0.05) is 32.9 Å². The van der Waals surface area contributed by atoms with Crippen molar-refractivity contribution in [2.75, 3.05) is 0 Å². The molecular weight excluding hydrogens is 378 g/mol. The Labute approximate surface area is 165 Å². The lowest BCUT2D eigenvalue weighted by Gasteiger charge is -2.19. The summed E-state index contributed by atoms with van der Waals surface area (Å²) in [5, 5.41) is 8.77. The van der Waals surface area contributed by atoms with Crippen molar-refractivity contribution in [3.8, 4) is 11.8 Å². The zero-order valence-electron chi connectivity index (χ0n) is 16.2. The molecule has 28 heavy (non-hydrogen) atoms. The van der Waals surface area contributed by atoms with Gasteiger partial charge in [-0.2, -0.15) is 5.26 Å². The maximum Gasteiger partial charge on any atom is 0.275 e. The molecule has 2 N–H and O–H groups in total. The molecule has 0 bridgehead atoms. The SMILES string of the molecule is C[C@H](Oc1ccc(C#N)cc1)C(=O)NNS(=O)(=O)c1ccc(C(C)(C)C)cc1. The summed E-state index contributed by atoms with van der Waals surface area (Å²) in [6.45, 7) is 7.58. The van der Waals surface area contributed by atoms with Gasteiger partial charge in [0.15, 0.2) is 6.10 Å². The number of carbonyl (C=O) groups excluding carboxylic acids is 1. The minimum atomic E-state index is -3.91. The first-order valence-corrected chi connectivity index (χ1v) is 10.1. The fourth-order valence-corrected chi connectivity index (χ4v) is 3.13. The second-order valence-corrected chi connectivity index (χ2v) is 8.95. The van der Waals surface area contributed by atoms with Crippen LogP contribution in [0.15, 0.2) is 53.4 Å². The smallest absolute Gasteiger partial charge is 0.275 e. The number of benzene rings is 2. The molecule has 2 aromatic rings. The Balaban J connectivity index is 1.97. The van der Waals surface area contributed by atoms with E-state index >= 15 is 0 Å². The van der Waals surface area contributed by atoms with Gasteiger partial charge in [0.2, 0.25) is 0 Å². The molecule has 1 atom stereocenters. The van der Waals surface area contributed by atoms with Crippen LogP contribution >= 0.6 is 0 Å². The number of nitriles is 1. The summed E-state index contributed by atoms with van der Waals surface area (Å²) in [6.07, 6.45) is -0.945. The minimum Gasteiger partial charge on any atom is -0.481 e. The second kappa shape index (κ2) is 8.42. The van der Waals surface area contributed by atoms with E-state index in [1.807, 2.05) is 26.8 Å². The fraction of sp³-hybridized carbons (Fsp3) is 0.300. The van der Waals surface area contributed by atoms with Crippen molar-refractivity contribution in [2.24, 2.45) is 0 Å². The van der Waals surface area contributed by atoms with Gasteiger partial charge in [0.1, 0.15) is 5.75 Å². The van der Waals surface area contributed by atoms with Crippen LogP contribution in [-0.2, 0) is 20.2 Å². The molecule has 0 saturated heterocycles. The van der Waals surface area contributed by atoms with Crippen molar-refractivity contribution in [1.82, 2.24) is 10.3 Å². The average molecular weight is 401 g/mol. The third-order valence-electron chi connectivity index (χ3n) is 4.00. The number of rotatable bonds is 6. The van der Waals surface area contributed by atoms with Crippen LogP contribution in [0.25, 0.3) is 0 Å². The Morgan fingerprint density at radius 2 is 1.64 bits per heavy atom. The van der Waals surface area contributed by atoms with Crippen LogP contribution in [0.1, 0.15) is 38.8 Å². The number of nitrogens with one attached hydrogen (secondary N) is 2. The van der Waals surface area contributed by atoms with Crippen LogP contribution in [0.3, 0.4) is 0 Å². The largest absolute Gasteiger partial charge is 0.481 e. The monoisotopic (exact) mass is 401 g/mol. The molecule has 2 aromatic carbocycles. The van der Waals surface area contributed by atoms with Crippen molar-refractivity contribution in [3.05, 3.63) is 59.7 Å². The third-order valence-corrected chi connectivity index (χ3v) is 5.27. The predicted molar refractivity (Wildman–Crippen MR) is 105 cm³/mol. The summed E-state index contributed by atoms with van der Waals surface area (Å²) < 4.78 is 30.1. The van der Waals surface area contributed by atoms with Crippen molar-refractivity contribution in [2.45, 2.75) is 44.1 Å². The van der Waals surface area contributed by atoms with Gasteiger partial charge in [-0.15, -0.1) is 4.83 Å². The van der Waals surface area contributed by atoms with Crippen molar-refractivity contribution < 1.29 is 17.9 Å². The van der Waals surface area contributed by atoms with Gasteiger partial charge >= 0.3 is 0 Å². The molecular formula is C20H23N3O4S. The Hall–Kier alpha value is -2.89. The average Bonchev–Trinajstić information content (AvgIpc) is 2.66. The normalized spacial score (nSPS) is 12.7. The quantitative estimate of drug-likeness (QED) is 0.724. The van der Waals surface area contributed by atoms with Gasteiger partial charge in [0.25, 0.3) is 15.9 Å². The molecule has 0 spiro atoms. The van der Waals surface area contributed by atoms with Crippen molar-refractivity contribution >= 4 is 15.9 Å². The lowest BCUT2D eigenvalue weighted by atomic mass is 9.87. The van der Waals surface area contributed by atoms with Gasteiger partial charge in [0.05, 0.1) is 16.5 Å². The van der Waals surface area contributed by atoms with Crippen molar-refractivity contribution in [3.63, 3.8) is 0 Å². The van der Waals surface area contributed by atoms with E-state index in [9.17, 15) is 13.2 Å². The Morgan fingerprint density at radius 1 is 1.07 bits per heavy atom. The molecule has 0 aromatic heterocycles. The van der Waals surface area contributed by atoms with E-state index in [0.717, 1.165) is 5.56 Å². The zero-order valence-corrected chi connectivity index (χ0v) is 17.0. The molecule has 0 heterocycles. The van der Waals surface area contributed by atoms with E-state index in [4.69, 9.17) is 10.00 Å². The lowest BCUT2D eigenvalue weighted by molar-refractivity contribution is -0.127. The van der Waals surface area contributed by atoms with Crippen LogP contribution in [0.4, 0.5) is 0 Å². The van der Waals surface area contributed by atoms with Crippen LogP contribution in [0.2, 0.25) is 0 Å². The maximum absolute atomic E-state index is 12.4. The van der Waals surface area contributed by atoms with E-state index in [0.29, 0.717) is 11.3 Å². The standard InChI is InChI=1S/C20H23N3O4S/c1-14(27-17-9-5-15(13-21)6-10-17)19(24)22-23-28(25,26)18-11-7-16(8-12-18)20(2,3)4/h5-12,14,23H,1-4H3,(H,22,24)/t14-/m0/s1. The Bertz CT molecular complexity index is 970. The van der Waals surface area contributed by atoms with E-state index < -0.39 is 22.0 Å². The Morgan fingerprint density at radius 3 is 2.14 bits per heavy atom. The fourth-order valence-electron chi connectivity index (χ4n) is 2.28. The number of amides is 1. The molecule has 0 radical (unpaired) electrons. The molecule has 0 unspecified atom stereocenters. The number of ether oxygens (including phenoxy) is 1. The molecule has 0 fully saturated rings. The predicted octanol–water partition coefficient (Wildman–Crippen LogP) is 2.63. The molecule has 0 aliphatic heterocycles. The van der Waals surface area contributed by atoms with Gasteiger partial charge in [-0.25, -0.2) is 8.42 Å². The van der Waals surface area contributed by atoms with Gasteiger partial charge in [0, 0.05) is 0 Å². The third kappa shape index (κ3) is 5.55. The molecule has 1 amide bonds. The second-order valence-electron chi connectivity index (χ2n) is 7.27. The van der Waals surface area contributed by atoms with Gasteiger partial charge in [-0.05, 0) is 54.3 Å². The highest BCUT2D eigenvalue weighted by molar-refractivity contribution is 7.89. The summed E-state index contributed by atoms with van der Waals surface area (Å²) >= 11 is 0. The molecule has 0 saturated carbocycles. The molecule has 148 valence electrons. The number of carbonyl (C=O) groups is 1. The first-order chi connectivity index (χ1) is 13.0.